The summed E-state index contributed by atoms with van der Waals surface area (Å²) in [5.41, 5.74) is 1.22. The fourth-order valence-corrected chi connectivity index (χ4v) is 3.87. The lowest BCUT2D eigenvalue weighted by molar-refractivity contribution is -0.158. The van der Waals surface area contributed by atoms with Gasteiger partial charge in [0.1, 0.15) is 18.1 Å². The number of thiophene rings is 1. The van der Waals surface area contributed by atoms with Crippen molar-refractivity contribution in [2.24, 2.45) is 0 Å². The van der Waals surface area contributed by atoms with Crippen LogP contribution in [-0.2, 0) is 22.6 Å². The van der Waals surface area contributed by atoms with Crippen molar-refractivity contribution in [2.45, 2.75) is 53.2 Å². The summed E-state index contributed by atoms with van der Waals surface area (Å²) in [5.74, 6) is 1.64. The Bertz CT molecular complexity index is 1010. The van der Waals surface area contributed by atoms with E-state index < -0.39 is 11.6 Å². The first kappa shape index (κ1) is 22.7. The lowest BCUT2D eigenvalue weighted by Gasteiger charge is -2.24. The molecule has 3 rings (SSSR count). The number of hydrogen-bond acceptors (Lipinski definition) is 7. The number of rotatable bonds is 9. The zero-order chi connectivity index (χ0) is 22.4. The standard InChI is InChI=1S/C24H28N2O4S/c1-6-17-13-25-22(26-14-17)20-12-16(3)21(31-20)15-29-18-8-10-19(11-9-18)30-24(4,5)23(27)28-7-2/h8-14H,6-7,15H2,1-5H3. The summed E-state index contributed by atoms with van der Waals surface area (Å²) in [6.07, 6.45) is 4.67. The van der Waals surface area contributed by atoms with Gasteiger partial charge in [0.05, 0.1) is 11.5 Å². The molecule has 31 heavy (non-hydrogen) atoms. The van der Waals surface area contributed by atoms with Gasteiger partial charge in [0, 0.05) is 17.3 Å². The van der Waals surface area contributed by atoms with Crippen LogP contribution in [0.4, 0.5) is 0 Å². The topological polar surface area (TPSA) is 70.5 Å². The van der Waals surface area contributed by atoms with Crippen molar-refractivity contribution < 1.29 is 19.0 Å². The van der Waals surface area contributed by atoms with Gasteiger partial charge in [-0.05, 0) is 75.6 Å². The summed E-state index contributed by atoms with van der Waals surface area (Å²) < 4.78 is 16.8. The van der Waals surface area contributed by atoms with E-state index in [9.17, 15) is 4.79 Å². The van der Waals surface area contributed by atoms with Crippen molar-refractivity contribution in [3.05, 3.63) is 58.7 Å². The molecule has 0 atom stereocenters. The van der Waals surface area contributed by atoms with E-state index in [1.807, 2.05) is 24.5 Å². The first-order valence-corrected chi connectivity index (χ1v) is 11.1. The Hall–Kier alpha value is -2.93. The van der Waals surface area contributed by atoms with Gasteiger partial charge < -0.3 is 14.2 Å². The molecule has 0 spiro atoms. The molecular weight excluding hydrogens is 412 g/mol. The fourth-order valence-electron chi connectivity index (χ4n) is 2.83. The van der Waals surface area contributed by atoms with Crippen molar-refractivity contribution >= 4 is 17.3 Å². The summed E-state index contributed by atoms with van der Waals surface area (Å²) in [4.78, 5) is 23.1. The number of carbonyl (C=O) groups is 1. The molecule has 0 saturated carbocycles. The number of carbonyl (C=O) groups excluding carboxylic acids is 1. The van der Waals surface area contributed by atoms with E-state index in [4.69, 9.17) is 14.2 Å². The molecule has 0 fully saturated rings. The average molecular weight is 441 g/mol. The van der Waals surface area contributed by atoms with Crippen LogP contribution in [0.15, 0.2) is 42.7 Å². The van der Waals surface area contributed by atoms with Crippen molar-refractivity contribution in [3.8, 4) is 22.2 Å². The van der Waals surface area contributed by atoms with Gasteiger partial charge in [-0.2, -0.15) is 0 Å². The minimum absolute atomic E-state index is 0.318. The molecule has 1 aromatic carbocycles. The van der Waals surface area contributed by atoms with Crippen LogP contribution in [0.2, 0.25) is 0 Å². The van der Waals surface area contributed by atoms with Gasteiger partial charge in [0.25, 0.3) is 0 Å². The lowest BCUT2D eigenvalue weighted by Crippen LogP contribution is -2.39. The summed E-state index contributed by atoms with van der Waals surface area (Å²) in [5, 5.41) is 0. The van der Waals surface area contributed by atoms with E-state index in [-0.39, 0.29) is 0 Å². The number of benzene rings is 1. The third-order valence-electron chi connectivity index (χ3n) is 4.69. The van der Waals surface area contributed by atoms with Gasteiger partial charge in [0.2, 0.25) is 0 Å². The van der Waals surface area contributed by atoms with E-state index in [0.29, 0.717) is 19.0 Å². The van der Waals surface area contributed by atoms with Crippen molar-refractivity contribution in [1.82, 2.24) is 9.97 Å². The molecule has 6 nitrogen and oxygen atoms in total. The lowest BCUT2D eigenvalue weighted by atomic mass is 10.1. The summed E-state index contributed by atoms with van der Waals surface area (Å²) in [6, 6.07) is 9.32. The second-order valence-electron chi connectivity index (χ2n) is 7.58. The number of hydrogen-bond donors (Lipinski definition) is 0. The molecule has 0 amide bonds. The molecule has 0 unspecified atom stereocenters. The second-order valence-corrected chi connectivity index (χ2v) is 8.71. The third-order valence-corrected chi connectivity index (χ3v) is 5.89. The maximum Gasteiger partial charge on any atom is 0.349 e. The third kappa shape index (κ3) is 5.82. The van der Waals surface area contributed by atoms with Gasteiger partial charge in [-0.25, -0.2) is 14.8 Å². The highest BCUT2D eigenvalue weighted by molar-refractivity contribution is 7.15. The second kappa shape index (κ2) is 9.92. The maximum absolute atomic E-state index is 12.0. The van der Waals surface area contributed by atoms with E-state index in [2.05, 4.69) is 29.9 Å². The number of ether oxygens (including phenoxy) is 3. The van der Waals surface area contributed by atoms with Crippen LogP contribution in [0.3, 0.4) is 0 Å². The highest BCUT2D eigenvalue weighted by atomic mass is 32.1. The molecule has 7 heteroatoms. The molecule has 0 N–H and O–H groups in total. The Morgan fingerprint density at radius 3 is 2.32 bits per heavy atom. The van der Waals surface area contributed by atoms with Gasteiger partial charge >= 0.3 is 5.97 Å². The number of aromatic nitrogens is 2. The van der Waals surface area contributed by atoms with Crippen molar-refractivity contribution in [2.75, 3.05) is 6.61 Å². The molecule has 164 valence electrons. The number of esters is 1. The molecule has 2 aromatic heterocycles. The molecule has 3 aromatic rings. The van der Waals surface area contributed by atoms with Crippen LogP contribution < -0.4 is 9.47 Å². The monoisotopic (exact) mass is 440 g/mol. The minimum Gasteiger partial charge on any atom is -0.488 e. The molecule has 0 bridgehead atoms. The Kier molecular flexibility index (Phi) is 7.28. The average Bonchev–Trinajstić information content (AvgIpc) is 3.14. The van der Waals surface area contributed by atoms with E-state index in [1.54, 1.807) is 44.2 Å². The Morgan fingerprint density at radius 2 is 1.71 bits per heavy atom. The minimum atomic E-state index is -1.06. The molecule has 0 aliphatic heterocycles. The molecule has 0 aliphatic rings. The summed E-state index contributed by atoms with van der Waals surface area (Å²) in [7, 11) is 0. The normalized spacial score (nSPS) is 11.3. The van der Waals surface area contributed by atoms with Crippen molar-refractivity contribution in [1.29, 1.82) is 0 Å². The maximum atomic E-state index is 12.0. The summed E-state index contributed by atoms with van der Waals surface area (Å²) >= 11 is 1.64. The SMILES string of the molecule is CCOC(=O)C(C)(C)Oc1ccc(OCc2sc(-c3ncc(CC)cn3)cc2C)cc1. The molecule has 0 radical (unpaired) electrons. The Morgan fingerprint density at radius 1 is 1.06 bits per heavy atom. The van der Waals surface area contributed by atoms with Crippen LogP contribution in [-0.4, -0.2) is 28.1 Å². The van der Waals surface area contributed by atoms with Crippen LogP contribution >= 0.6 is 11.3 Å². The fraction of sp³-hybridized carbons (Fsp3) is 0.375. The summed E-state index contributed by atoms with van der Waals surface area (Å²) in [6.45, 7) is 10.1. The predicted molar refractivity (Wildman–Crippen MR) is 122 cm³/mol. The Balaban J connectivity index is 1.61. The van der Waals surface area contributed by atoms with Crippen LogP contribution in [0.25, 0.3) is 10.7 Å². The first-order valence-electron chi connectivity index (χ1n) is 10.3. The smallest absolute Gasteiger partial charge is 0.349 e. The zero-order valence-corrected chi connectivity index (χ0v) is 19.4. The van der Waals surface area contributed by atoms with Crippen LogP contribution in [0.5, 0.6) is 11.5 Å². The molecule has 2 heterocycles. The first-order chi connectivity index (χ1) is 14.8. The van der Waals surface area contributed by atoms with Crippen molar-refractivity contribution in [3.63, 3.8) is 0 Å². The van der Waals surface area contributed by atoms with Crippen LogP contribution in [0.1, 0.15) is 43.7 Å². The van der Waals surface area contributed by atoms with E-state index in [1.165, 1.54) is 0 Å². The highest BCUT2D eigenvalue weighted by Crippen LogP contribution is 2.30. The zero-order valence-electron chi connectivity index (χ0n) is 18.6. The predicted octanol–water partition coefficient (Wildman–Crippen LogP) is 5.38. The van der Waals surface area contributed by atoms with E-state index in [0.717, 1.165) is 38.9 Å². The number of aryl methyl sites for hydroxylation is 2. The molecule has 0 aliphatic carbocycles. The molecule has 0 saturated heterocycles. The highest BCUT2D eigenvalue weighted by Gasteiger charge is 2.31. The van der Waals surface area contributed by atoms with Gasteiger partial charge in [0.15, 0.2) is 11.4 Å². The van der Waals surface area contributed by atoms with E-state index >= 15 is 0 Å². The van der Waals surface area contributed by atoms with Gasteiger partial charge in [-0.15, -0.1) is 11.3 Å². The van der Waals surface area contributed by atoms with Gasteiger partial charge in [-0.3, -0.25) is 0 Å². The largest absolute Gasteiger partial charge is 0.488 e. The molecular formula is C24H28N2O4S. The van der Waals surface area contributed by atoms with Crippen LogP contribution in [0, 0.1) is 6.92 Å². The number of nitrogens with zero attached hydrogens (tertiary/aromatic N) is 2. The quantitative estimate of drug-likeness (QED) is 0.416. The Labute approximate surface area is 187 Å². The van der Waals surface area contributed by atoms with Gasteiger partial charge in [-0.1, -0.05) is 6.92 Å².